The molecule has 0 N–H and O–H groups in total. The molecular weight excluding hydrogens is 202 g/mol. The first-order chi connectivity index (χ1) is 6.59. The van der Waals surface area contributed by atoms with Crippen LogP contribution >= 0.6 is 11.6 Å². The van der Waals surface area contributed by atoms with Gasteiger partial charge in [0.15, 0.2) is 0 Å². The molecule has 5 heteroatoms. The minimum atomic E-state index is 0.0756. The standard InChI is InChI=1S/C9H10ClN3O/c1-5-6-3-4-7(14)13(2)8(6)12-9(10)11-5/h3-4H2,1-2H3. The third-order valence-electron chi connectivity index (χ3n) is 2.45. The van der Waals surface area contributed by atoms with Crippen molar-refractivity contribution in [2.45, 2.75) is 19.8 Å². The summed E-state index contributed by atoms with van der Waals surface area (Å²) < 4.78 is 0. The van der Waals surface area contributed by atoms with Crippen molar-refractivity contribution in [2.75, 3.05) is 11.9 Å². The maximum absolute atomic E-state index is 11.4. The summed E-state index contributed by atoms with van der Waals surface area (Å²) in [5.41, 5.74) is 1.89. The van der Waals surface area contributed by atoms with E-state index >= 15 is 0 Å². The summed E-state index contributed by atoms with van der Waals surface area (Å²) in [4.78, 5) is 21.1. The van der Waals surface area contributed by atoms with E-state index < -0.39 is 0 Å². The molecule has 0 saturated heterocycles. The Morgan fingerprint density at radius 3 is 2.79 bits per heavy atom. The molecule has 1 aromatic rings. The minimum Gasteiger partial charge on any atom is -0.300 e. The van der Waals surface area contributed by atoms with Gasteiger partial charge in [-0.1, -0.05) is 0 Å². The average molecular weight is 212 g/mol. The average Bonchev–Trinajstić information content (AvgIpc) is 2.12. The molecule has 0 unspecified atom stereocenters. The number of rotatable bonds is 0. The van der Waals surface area contributed by atoms with Crippen molar-refractivity contribution in [1.82, 2.24) is 9.97 Å². The van der Waals surface area contributed by atoms with Crippen LogP contribution in [0, 0.1) is 6.92 Å². The fourth-order valence-electron chi connectivity index (χ4n) is 1.64. The Bertz CT molecular complexity index is 405. The number of carbonyl (C=O) groups excluding carboxylic acids is 1. The topological polar surface area (TPSA) is 46.1 Å². The summed E-state index contributed by atoms with van der Waals surface area (Å²) >= 11 is 5.73. The van der Waals surface area contributed by atoms with Gasteiger partial charge in [-0.2, -0.15) is 4.98 Å². The lowest BCUT2D eigenvalue weighted by Gasteiger charge is -2.25. The van der Waals surface area contributed by atoms with E-state index in [1.54, 1.807) is 11.9 Å². The van der Waals surface area contributed by atoms with E-state index in [9.17, 15) is 4.79 Å². The maximum atomic E-state index is 11.4. The lowest BCUT2D eigenvalue weighted by molar-refractivity contribution is -0.118. The van der Waals surface area contributed by atoms with Crippen LogP contribution in [0.1, 0.15) is 17.7 Å². The van der Waals surface area contributed by atoms with Gasteiger partial charge >= 0.3 is 0 Å². The molecule has 0 spiro atoms. The third kappa shape index (κ3) is 1.35. The van der Waals surface area contributed by atoms with Gasteiger partial charge < -0.3 is 0 Å². The van der Waals surface area contributed by atoms with Crippen LogP contribution in [0.5, 0.6) is 0 Å². The zero-order chi connectivity index (χ0) is 10.3. The molecule has 0 saturated carbocycles. The number of halogens is 1. The van der Waals surface area contributed by atoms with Crippen LogP contribution in [0.2, 0.25) is 5.28 Å². The van der Waals surface area contributed by atoms with Gasteiger partial charge in [0, 0.05) is 24.7 Å². The Balaban J connectivity index is 2.59. The second-order valence-corrected chi connectivity index (χ2v) is 3.67. The normalized spacial score (nSPS) is 15.6. The van der Waals surface area contributed by atoms with Crippen LogP contribution < -0.4 is 4.90 Å². The second-order valence-electron chi connectivity index (χ2n) is 3.33. The first-order valence-corrected chi connectivity index (χ1v) is 4.77. The van der Waals surface area contributed by atoms with Crippen LogP contribution in [-0.4, -0.2) is 22.9 Å². The molecule has 74 valence electrons. The highest BCUT2D eigenvalue weighted by atomic mass is 35.5. The smallest absolute Gasteiger partial charge is 0.228 e. The molecule has 14 heavy (non-hydrogen) atoms. The van der Waals surface area contributed by atoms with E-state index in [1.165, 1.54) is 0 Å². The van der Waals surface area contributed by atoms with Crippen molar-refractivity contribution in [1.29, 1.82) is 0 Å². The van der Waals surface area contributed by atoms with Crippen LogP contribution in [-0.2, 0) is 11.2 Å². The number of nitrogens with zero attached hydrogens (tertiary/aromatic N) is 3. The van der Waals surface area contributed by atoms with Gasteiger partial charge in [0.25, 0.3) is 0 Å². The molecule has 0 atom stereocenters. The lowest BCUT2D eigenvalue weighted by Crippen LogP contribution is -2.32. The molecule has 2 rings (SSSR count). The number of carbonyl (C=O) groups is 1. The maximum Gasteiger partial charge on any atom is 0.228 e. The number of amides is 1. The van der Waals surface area contributed by atoms with Gasteiger partial charge in [-0.3, -0.25) is 9.69 Å². The van der Waals surface area contributed by atoms with E-state index in [4.69, 9.17) is 11.6 Å². The third-order valence-corrected chi connectivity index (χ3v) is 2.61. The van der Waals surface area contributed by atoms with Gasteiger partial charge in [-0.25, -0.2) is 4.98 Å². The Labute approximate surface area is 86.9 Å². The predicted octanol–water partition coefficient (Wildman–Crippen LogP) is 1.35. The summed E-state index contributed by atoms with van der Waals surface area (Å²) in [6.45, 7) is 1.88. The van der Waals surface area contributed by atoms with Crippen molar-refractivity contribution in [3.8, 4) is 0 Å². The van der Waals surface area contributed by atoms with Crippen molar-refractivity contribution >= 4 is 23.3 Å². The van der Waals surface area contributed by atoms with Gasteiger partial charge in [-0.05, 0) is 24.9 Å². The van der Waals surface area contributed by atoms with E-state index in [0.717, 1.165) is 11.3 Å². The molecule has 4 nitrogen and oxygen atoms in total. The molecule has 1 amide bonds. The predicted molar refractivity (Wildman–Crippen MR) is 53.5 cm³/mol. The van der Waals surface area contributed by atoms with Gasteiger partial charge in [-0.15, -0.1) is 0 Å². The highest BCUT2D eigenvalue weighted by Crippen LogP contribution is 2.27. The highest BCUT2D eigenvalue weighted by molar-refractivity contribution is 6.28. The largest absolute Gasteiger partial charge is 0.300 e. The van der Waals surface area contributed by atoms with Crippen molar-refractivity contribution in [3.05, 3.63) is 16.5 Å². The summed E-state index contributed by atoms with van der Waals surface area (Å²) in [7, 11) is 1.71. The van der Waals surface area contributed by atoms with Crippen molar-refractivity contribution in [2.24, 2.45) is 0 Å². The zero-order valence-electron chi connectivity index (χ0n) is 8.04. The number of anilines is 1. The second kappa shape index (κ2) is 3.20. The number of aryl methyl sites for hydroxylation is 1. The summed E-state index contributed by atoms with van der Waals surface area (Å²) in [5.74, 6) is 0.727. The number of fused-ring (bicyclic) bond motifs is 1. The number of hydrogen-bond acceptors (Lipinski definition) is 3. The zero-order valence-corrected chi connectivity index (χ0v) is 8.80. The Morgan fingerprint density at radius 1 is 1.36 bits per heavy atom. The molecule has 0 aromatic carbocycles. The fraction of sp³-hybridized carbons (Fsp3) is 0.444. The van der Waals surface area contributed by atoms with Gasteiger partial charge in [0.1, 0.15) is 5.82 Å². The Kier molecular flexibility index (Phi) is 2.15. The molecule has 2 heterocycles. The molecule has 0 bridgehead atoms. The Hall–Kier alpha value is -1.16. The molecule has 1 aromatic heterocycles. The number of aromatic nitrogens is 2. The summed E-state index contributed by atoms with van der Waals surface area (Å²) in [5, 5.41) is 0.197. The van der Waals surface area contributed by atoms with Crippen LogP contribution in [0.4, 0.5) is 5.82 Å². The van der Waals surface area contributed by atoms with Gasteiger partial charge in [0.05, 0.1) is 0 Å². The lowest BCUT2D eigenvalue weighted by atomic mass is 10.0. The molecule has 1 aliphatic rings. The summed E-state index contributed by atoms with van der Waals surface area (Å²) in [6.07, 6.45) is 1.23. The Morgan fingerprint density at radius 2 is 2.07 bits per heavy atom. The monoisotopic (exact) mass is 211 g/mol. The minimum absolute atomic E-state index is 0.0756. The molecular formula is C9H10ClN3O. The first-order valence-electron chi connectivity index (χ1n) is 4.39. The molecule has 0 radical (unpaired) electrons. The van der Waals surface area contributed by atoms with Gasteiger partial charge in [0.2, 0.25) is 11.2 Å². The van der Waals surface area contributed by atoms with E-state index in [-0.39, 0.29) is 11.2 Å². The molecule has 0 aliphatic carbocycles. The van der Waals surface area contributed by atoms with E-state index in [2.05, 4.69) is 9.97 Å². The summed E-state index contributed by atoms with van der Waals surface area (Å²) in [6, 6.07) is 0. The fourth-order valence-corrected chi connectivity index (χ4v) is 1.84. The quantitative estimate of drug-likeness (QED) is 0.609. The van der Waals surface area contributed by atoms with E-state index in [0.29, 0.717) is 18.7 Å². The number of hydrogen-bond donors (Lipinski definition) is 0. The SMILES string of the molecule is Cc1nc(Cl)nc2c1CCC(=O)N2C. The van der Waals surface area contributed by atoms with Crippen molar-refractivity contribution < 1.29 is 4.79 Å². The molecule has 1 aliphatic heterocycles. The first kappa shape index (κ1) is 9.40. The highest BCUT2D eigenvalue weighted by Gasteiger charge is 2.24. The van der Waals surface area contributed by atoms with Crippen molar-refractivity contribution in [3.63, 3.8) is 0 Å². The van der Waals surface area contributed by atoms with Crippen LogP contribution in [0.25, 0.3) is 0 Å². The van der Waals surface area contributed by atoms with Crippen LogP contribution in [0.3, 0.4) is 0 Å². The molecule has 0 fully saturated rings. The van der Waals surface area contributed by atoms with Crippen LogP contribution in [0.15, 0.2) is 0 Å². The van der Waals surface area contributed by atoms with E-state index in [1.807, 2.05) is 6.92 Å².